The predicted octanol–water partition coefficient (Wildman–Crippen LogP) is 2.95. The topological polar surface area (TPSA) is 81.9 Å². The number of hydrogen-bond donors (Lipinski definition) is 0. The number of aromatic nitrogens is 1. The molecule has 0 N–H and O–H groups in total. The van der Waals surface area contributed by atoms with E-state index in [9.17, 15) is 14.0 Å². The Balaban J connectivity index is 1.65. The lowest BCUT2D eigenvalue weighted by Gasteiger charge is -2.33. The first-order valence-corrected chi connectivity index (χ1v) is 8.89. The summed E-state index contributed by atoms with van der Waals surface area (Å²) in [5.41, 5.74) is 0.101. The minimum Gasteiger partial charge on any atom is -0.484 e. The van der Waals surface area contributed by atoms with Gasteiger partial charge in [0.15, 0.2) is 12.3 Å². The number of halogens is 1. The molecular formula is C19H21FN2O5. The molecule has 8 heteroatoms. The van der Waals surface area contributed by atoms with Crippen molar-refractivity contribution in [1.29, 1.82) is 0 Å². The average Bonchev–Trinajstić information content (AvgIpc) is 3.15. The third-order valence-electron chi connectivity index (χ3n) is 4.25. The maximum atomic E-state index is 13.2. The Labute approximate surface area is 156 Å². The summed E-state index contributed by atoms with van der Waals surface area (Å²) in [6.45, 7) is 2.42. The second kappa shape index (κ2) is 8.66. The van der Waals surface area contributed by atoms with E-state index >= 15 is 0 Å². The normalized spacial score (nSPS) is 16.8. The third kappa shape index (κ3) is 4.64. The van der Waals surface area contributed by atoms with Gasteiger partial charge >= 0.3 is 5.97 Å². The lowest BCUT2D eigenvalue weighted by molar-refractivity contribution is -0.149. The molecule has 1 aromatic heterocycles. The second-order valence-electron chi connectivity index (χ2n) is 6.13. The number of ether oxygens (including phenoxy) is 2. The largest absolute Gasteiger partial charge is 0.484 e. The van der Waals surface area contributed by atoms with Gasteiger partial charge in [0.05, 0.1) is 6.61 Å². The summed E-state index contributed by atoms with van der Waals surface area (Å²) in [6.07, 6.45) is 3.48. The Hall–Kier alpha value is -2.90. The van der Waals surface area contributed by atoms with Gasteiger partial charge < -0.3 is 18.8 Å². The standard InChI is InChI=1S/C19H21FN2O5/c1-2-25-19(24)16-8-3-4-9-22(16)18(23)15-11-27-17(21-15)12-26-14-7-5-6-13(20)10-14/h5-7,10-11,16H,2-4,8-9,12H2,1H3. The number of hydrogen-bond acceptors (Lipinski definition) is 6. The number of carbonyl (C=O) groups excluding carboxylic acids is 2. The lowest BCUT2D eigenvalue weighted by Crippen LogP contribution is -2.48. The van der Waals surface area contributed by atoms with Crippen LogP contribution in [0.25, 0.3) is 0 Å². The zero-order chi connectivity index (χ0) is 19.2. The smallest absolute Gasteiger partial charge is 0.328 e. The third-order valence-corrected chi connectivity index (χ3v) is 4.25. The molecule has 144 valence electrons. The van der Waals surface area contributed by atoms with Crippen LogP contribution in [0.1, 0.15) is 42.6 Å². The first-order chi connectivity index (χ1) is 13.1. The van der Waals surface area contributed by atoms with Gasteiger partial charge in [0.1, 0.15) is 23.9 Å². The Morgan fingerprint density at radius 2 is 2.22 bits per heavy atom. The van der Waals surface area contributed by atoms with Gasteiger partial charge in [-0.15, -0.1) is 0 Å². The first kappa shape index (κ1) is 18.9. The number of rotatable bonds is 6. The van der Waals surface area contributed by atoms with Crippen LogP contribution in [0.2, 0.25) is 0 Å². The van der Waals surface area contributed by atoms with Crippen molar-refractivity contribution >= 4 is 11.9 Å². The van der Waals surface area contributed by atoms with Crippen molar-refractivity contribution in [3.8, 4) is 5.75 Å². The van der Waals surface area contributed by atoms with E-state index in [4.69, 9.17) is 13.9 Å². The molecule has 27 heavy (non-hydrogen) atoms. The molecule has 2 aromatic rings. The van der Waals surface area contributed by atoms with Gasteiger partial charge in [-0.05, 0) is 38.3 Å². The van der Waals surface area contributed by atoms with E-state index in [1.54, 1.807) is 13.0 Å². The summed E-state index contributed by atoms with van der Waals surface area (Å²) in [7, 11) is 0. The van der Waals surface area contributed by atoms with E-state index in [0.29, 0.717) is 18.7 Å². The van der Waals surface area contributed by atoms with Crippen LogP contribution in [0.5, 0.6) is 5.75 Å². The molecule has 0 bridgehead atoms. The Kier molecular flexibility index (Phi) is 6.05. The summed E-state index contributed by atoms with van der Waals surface area (Å²) in [4.78, 5) is 30.5. The van der Waals surface area contributed by atoms with Crippen molar-refractivity contribution in [3.05, 3.63) is 47.9 Å². The fourth-order valence-electron chi connectivity index (χ4n) is 2.98. The van der Waals surface area contributed by atoms with Crippen LogP contribution in [-0.4, -0.2) is 41.0 Å². The molecule has 2 heterocycles. The van der Waals surface area contributed by atoms with Crippen LogP contribution >= 0.6 is 0 Å². The highest BCUT2D eigenvalue weighted by atomic mass is 19.1. The van der Waals surface area contributed by atoms with Crippen LogP contribution in [-0.2, 0) is 16.1 Å². The van der Waals surface area contributed by atoms with E-state index in [2.05, 4.69) is 4.98 Å². The number of amides is 1. The van der Waals surface area contributed by atoms with E-state index < -0.39 is 17.8 Å². The van der Waals surface area contributed by atoms with Crippen LogP contribution < -0.4 is 4.74 Å². The maximum Gasteiger partial charge on any atom is 0.328 e. The summed E-state index contributed by atoms with van der Waals surface area (Å²) < 4.78 is 28.9. The fourth-order valence-corrected chi connectivity index (χ4v) is 2.98. The van der Waals surface area contributed by atoms with E-state index in [-0.39, 0.29) is 30.7 Å². The van der Waals surface area contributed by atoms with Gasteiger partial charge in [-0.25, -0.2) is 14.2 Å². The van der Waals surface area contributed by atoms with E-state index in [0.717, 1.165) is 12.8 Å². The zero-order valence-electron chi connectivity index (χ0n) is 15.0. The summed E-state index contributed by atoms with van der Waals surface area (Å²) in [5, 5.41) is 0. The van der Waals surface area contributed by atoms with Gasteiger partial charge in [0, 0.05) is 12.6 Å². The van der Waals surface area contributed by atoms with Gasteiger partial charge in [-0.1, -0.05) is 6.07 Å². The summed E-state index contributed by atoms with van der Waals surface area (Å²) in [6, 6.07) is 5.09. The molecular weight excluding hydrogens is 355 g/mol. The number of carbonyl (C=O) groups is 2. The molecule has 0 saturated carbocycles. The van der Waals surface area contributed by atoms with Crippen molar-refractivity contribution in [3.63, 3.8) is 0 Å². The van der Waals surface area contributed by atoms with Crippen LogP contribution in [0.4, 0.5) is 4.39 Å². The quantitative estimate of drug-likeness (QED) is 0.721. The number of benzene rings is 1. The second-order valence-corrected chi connectivity index (χ2v) is 6.13. The molecule has 0 spiro atoms. The van der Waals surface area contributed by atoms with E-state index in [1.165, 1.54) is 29.4 Å². The molecule has 1 aromatic carbocycles. The van der Waals surface area contributed by atoms with Crippen LogP contribution in [0.3, 0.4) is 0 Å². The Morgan fingerprint density at radius 3 is 3.00 bits per heavy atom. The predicted molar refractivity (Wildman–Crippen MR) is 92.5 cm³/mol. The van der Waals surface area contributed by atoms with Crippen LogP contribution in [0, 0.1) is 5.82 Å². The highest BCUT2D eigenvalue weighted by molar-refractivity contribution is 5.95. The minimum atomic E-state index is -0.602. The van der Waals surface area contributed by atoms with Crippen LogP contribution in [0.15, 0.2) is 34.9 Å². The SMILES string of the molecule is CCOC(=O)C1CCCCN1C(=O)c1coc(COc2cccc(F)c2)n1. The molecule has 3 rings (SSSR count). The molecule has 1 unspecified atom stereocenters. The highest BCUT2D eigenvalue weighted by Crippen LogP contribution is 2.21. The monoisotopic (exact) mass is 376 g/mol. The van der Waals surface area contributed by atoms with Crippen molar-refractivity contribution in [1.82, 2.24) is 9.88 Å². The lowest BCUT2D eigenvalue weighted by atomic mass is 10.0. The number of likely N-dealkylation sites (tertiary alicyclic amines) is 1. The molecule has 7 nitrogen and oxygen atoms in total. The number of oxazole rings is 1. The number of piperidine rings is 1. The summed E-state index contributed by atoms with van der Waals surface area (Å²) >= 11 is 0. The summed E-state index contributed by atoms with van der Waals surface area (Å²) in [5.74, 6) is -0.671. The molecule has 1 aliphatic rings. The molecule has 1 atom stereocenters. The number of nitrogens with zero attached hydrogens (tertiary/aromatic N) is 2. The number of esters is 1. The first-order valence-electron chi connectivity index (χ1n) is 8.89. The van der Waals surface area contributed by atoms with Crippen molar-refractivity contribution in [2.75, 3.05) is 13.2 Å². The van der Waals surface area contributed by atoms with Crippen molar-refractivity contribution in [2.45, 2.75) is 38.8 Å². The molecule has 1 aliphatic heterocycles. The highest BCUT2D eigenvalue weighted by Gasteiger charge is 2.34. The fraction of sp³-hybridized carbons (Fsp3) is 0.421. The minimum absolute atomic E-state index is 0.0436. The van der Waals surface area contributed by atoms with Gasteiger partial charge in [0.2, 0.25) is 5.89 Å². The van der Waals surface area contributed by atoms with Gasteiger partial charge in [-0.2, -0.15) is 0 Å². The van der Waals surface area contributed by atoms with Gasteiger partial charge in [-0.3, -0.25) is 4.79 Å². The average molecular weight is 376 g/mol. The van der Waals surface area contributed by atoms with Crippen molar-refractivity contribution in [2.24, 2.45) is 0 Å². The van der Waals surface area contributed by atoms with E-state index in [1.807, 2.05) is 0 Å². The molecule has 1 saturated heterocycles. The molecule has 0 radical (unpaired) electrons. The molecule has 0 aliphatic carbocycles. The zero-order valence-corrected chi connectivity index (χ0v) is 15.0. The molecule has 1 fully saturated rings. The maximum absolute atomic E-state index is 13.2. The Bertz CT molecular complexity index is 807. The molecule has 1 amide bonds. The van der Waals surface area contributed by atoms with Gasteiger partial charge in [0.25, 0.3) is 5.91 Å². The van der Waals surface area contributed by atoms with Crippen molar-refractivity contribution < 1.29 is 27.9 Å². The Morgan fingerprint density at radius 1 is 1.37 bits per heavy atom.